The molecule has 1 rings (SSSR count). The first-order valence-corrected chi connectivity index (χ1v) is 4.85. The van der Waals surface area contributed by atoms with Gasteiger partial charge in [-0.15, -0.1) is 0 Å². The maximum atomic E-state index is 10.8. The van der Waals surface area contributed by atoms with Gasteiger partial charge in [-0.05, 0) is 18.6 Å². The molecule has 4 nitrogen and oxygen atoms in total. The molecule has 0 aliphatic rings. The lowest BCUT2D eigenvalue weighted by Crippen LogP contribution is -2.24. The van der Waals surface area contributed by atoms with Gasteiger partial charge < -0.3 is 9.84 Å². The molecule has 1 aromatic carbocycles. The van der Waals surface area contributed by atoms with Crippen molar-refractivity contribution in [1.29, 1.82) is 0 Å². The lowest BCUT2D eigenvalue weighted by atomic mass is 10.3. The van der Waals surface area contributed by atoms with Gasteiger partial charge in [-0.2, -0.15) is 0 Å². The Hall–Kier alpha value is -1.71. The zero-order valence-corrected chi connectivity index (χ0v) is 8.93. The van der Waals surface area contributed by atoms with Crippen molar-refractivity contribution in [2.45, 2.75) is 13.3 Å². The van der Waals surface area contributed by atoms with Gasteiger partial charge in [-0.1, -0.05) is 19.1 Å². The van der Waals surface area contributed by atoms with Crippen molar-refractivity contribution in [3.05, 3.63) is 24.3 Å². The molecular weight excluding hydrogens is 194 g/mol. The molecular formula is C11H15NO3. The summed E-state index contributed by atoms with van der Waals surface area (Å²) in [5, 5.41) is 8.86. The van der Waals surface area contributed by atoms with Gasteiger partial charge in [0, 0.05) is 7.05 Å². The Morgan fingerprint density at radius 1 is 1.47 bits per heavy atom. The number of ether oxygens (including phenoxy) is 1. The summed E-state index contributed by atoms with van der Waals surface area (Å²) in [6.45, 7) is 2.59. The molecule has 0 bridgehead atoms. The Kier molecular flexibility index (Phi) is 3.97. The minimum atomic E-state index is -0.998. The SMILES string of the molecule is CCCOc1ccccc1N(C)C(=O)O. The van der Waals surface area contributed by atoms with E-state index in [0.717, 1.165) is 11.3 Å². The van der Waals surface area contributed by atoms with Crippen LogP contribution in [0.1, 0.15) is 13.3 Å². The van der Waals surface area contributed by atoms with Crippen molar-refractivity contribution in [3.8, 4) is 5.75 Å². The van der Waals surface area contributed by atoms with Gasteiger partial charge in [-0.25, -0.2) is 4.79 Å². The number of anilines is 1. The maximum Gasteiger partial charge on any atom is 0.411 e. The second-order valence-corrected chi connectivity index (χ2v) is 3.16. The highest BCUT2D eigenvalue weighted by Gasteiger charge is 2.12. The van der Waals surface area contributed by atoms with Crippen LogP contribution in [0.2, 0.25) is 0 Å². The average molecular weight is 209 g/mol. The van der Waals surface area contributed by atoms with Crippen LogP contribution in [0.15, 0.2) is 24.3 Å². The minimum absolute atomic E-state index is 0.568. The molecule has 0 radical (unpaired) electrons. The number of nitrogens with zero attached hydrogens (tertiary/aromatic N) is 1. The number of hydrogen-bond donors (Lipinski definition) is 1. The van der Waals surface area contributed by atoms with Crippen LogP contribution in [-0.4, -0.2) is 24.9 Å². The lowest BCUT2D eigenvalue weighted by molar-refractivity contribution is 0.203. The Morgan fingerprint density at radius 3 is 2.73 bits per heavy atom. The van der Waals surface area contributed by atoms with E-state index < -0.39 is 6.09 Å². The first kappa shape index (κ1) is 11.4. The molecule has 0 spiro atoms. The predicted octanol–water partition coefficient (Wildman–Crippen LogP) is 2.59. The fraction of sp³-hybridized carbons (Fsp3) is 0.364. The highest BCUT2D eigenvalue weighted by molar-refractivity contribution is 5.87. The van der Waals surface area contributed by atoms with Gasteiger partial charge in [0.05, 0.1) is 12.3 Å². The van der Waals surface area contributed by atoms with Crippen molar-refractivity contribution < 1.29 is 14.6 Å². The third-order valence-corrected chi connectivity index (χ3v) is 1.98. The number of benzene rings is 1. The third kappa shape index (κ3) is 2.87. The van der Waals surface area contributed by atoms with Crippen LogP contribution in [0, 0.1) is 0 Å². The van der Waals surface area contributed by atoms with Gasteiger partial charge in [0.15, 0.2) is 0 Å². The molecule has 1 amide bonds. The largest absolute Gasteiger partial charge is 0.491 e. The van der Waals surface area contributed by atoms with Crippen LogP contribution in [0.4, 0.5) is 10.5 Å². The number of para-hydroxylation sites is 2. The molecule has 0 saturated heterocycles. The standard InChI is InChI=1S/C11H15NO3/c1-3-8-15-10-7-5-4-6-9(10)12(2)11(13)14/h4-7H,3,8H2,1-2H3,(H,13,14). The summed E-state index contributed by atoms with van der Waals surface area (Å²) in [5.74, 6) is 0.601. The molecule has 4 heteroatoms. The fourth-order valence-electron chi connectivity index (χ4n) is 1.17. The third-order valence-electron chi connectivity index (χ3n) is 1.98. The van der Waals surface area contributed by atoms with Gasteiger partial charge >= 0.3 is 6.09 Å². The first-order chi connectivity index (χ1) is 7.16. The van der Waals surface area contributed by atoms with Gasteiger partial charge in [0.2, 0.25) is 0 Å². The zero-order valence-electron chi connectivity index (χ0n) is 8.93. The summed E-state index contributed by atoms with van der Waals surface area (Å²) in [5.41, 5.74) is 0.568. The molecule has 0 aliphatic carbocycles. The van der Waals surface area contributed by atoms with E-state index in [1.807, 2.05) is 13.0 Å². The fourth-order valence-corrected chi connectivity index (χ4v) is 1.17. The molecule has 0 saturated carbocycles. The Labute approximate surface area is 89.1 Å². The van der Waals surface area contributed by atoms with Crippen LogP contribution in [0.25, 0.3) is 0 Å². The molecule has 0 atom stereocenters. The van der Waals surface area contributed by atoms with E-state index in [1.165, 1.54) is 7.05 Å². The van der Waals surface area contributed by atoms with Crippen molar-refractivity contribution in [2.75, 3.05) is 18.6 Å². The van der Waals surface area contributed by atoms with Crippen LogP contribution in [-0.2, 0) is 0 Å². The number of amides is 1. The molecule has 1 aromatic rings. The smallest absolute Gasteiger partial charge is 0.411 e. The van der Waals surface area contributed by atoms with Crippen LogP contribution >= 0.6 is 0 Å². The molecule has 0 aromatic heterocycles. The molecule has 15 heavy (non-hydrogen) atoms. The zero-order chi connectivity index (χ0) is 11.3. The molecule has 0 fully saturated rings. The van der Waals surface area contributed by atoms with E-state index in [2.05, 4.69) is 0 Å². The quantitative estimate of drug-likeness (QED) is 0.829. The van der Waals surface area contributed by atoms with Crippen molar-refractivity contribution in [2.24, 2.45) is 0 Å². The Morgan fingerprint density at radius 2 is 2.13 bits per heavy atom. The lowest BCUT2D eigenvalue weighted by Gasteiger charge is -2.17. The Bertz CT molecular complexity index is 338. The van der Waals surface area contributed by atoms with Crippen molar-refractivity contribution >= 4 is 11.8 Å². The summed E-state index contributed by atoms with van der Waals surface area (Å²) >= 11 is 0. The van der Waals surface area contributed by atoms with E-state index in [4.69, 9.17) is 9.84 Å². The normalized spacial score (nSPS) is 9.73. The minimum Gasteiger partial charge on any atom is -0.491 e. The van der Waals surface area contributed by atoms with E-state index in [1.54, 1.807) is 18.2 Å². The summed E-state index contributed by atoms with van der Waals surface area (Å²) in [6.07, 6.45) is -0.104. The van der Waals surface area contributed by atoms with Crippen LogP contribution in [0.3, 0.4) is 0 Å². The van der Waals surface area contributed by atoms with Gasteiger partial charge in [0.1, 0.15) is 5.75 Å². The monoisotopic (exact) mass is 209 g/mol. The summed E-state index contributed by atoms with van der Waals surface area (Å²) in [6, 6.07) is 7.10. The first-order valence-electron chi connectivity index (χ1n) is 4.85. The second-order valence-electron chi connectivity index (χ2n) is 3.16. The van der Waals surface area contributed by atoms with E-state index in [9.17, 15) is 4.79 Å². The number of rotatable bonds is 4. The maximum absolute atomic E-state index is 10.8. The highest BCUT2D eigenvalue weighted by Crippen LogP contribution is 2.27. The summed E-state index contributed by atoms with van der Waals surface area (Å²) in [4.78, 5) is 11.9. The van der Waals surface area contributed by atoms with Gasteiger partial charge in [-0.3, -0.25) is 4.90 Å². The number of carbonyl (C=O) groups is 1. The molecule has 1 N–H and O–H groups in total. The van der Waals surface area contributed by atoms with E-state index in [0.29, 0.717) is 18.0 Å². The molecule has 0 heterocycles. The van der Waals surface area contributed by atoms with Gasteiger partial charge in [0.25, 0.3) is 0 Å². The predicted molar refractivity (Wildman–Crippen MR) is 58.7 cm³/mol. The summed E-state index contributed by atoms with van der Waals surface area (Å²) in [7, 11) is 1.50. The number of carboxylic acid groups (broad SMARTS) is 1. The highest BCUT2D eigenvalue weighted by atomic mass is 16.5. The topological polar surface area (TPSA) is 49.8 Å². The summed E-state index contributed by atoms with van der Waals surface area (Å²) < 4.78 is 5.45. The Balaban J connectivity index is 2.90. The van der Waals surface area contributed by atoms with Crippen molar-refractivity contribution in [1.82, 2.24) is 0 Å². The van der Waals surface area contributed by atoms with E-state index >= 15 is 0 Å². The van der Waals surface area contributed by atoms with Crippen molar-refractivity contribution in [3.63, 3.8) is 0 Å². The molecule has 82 valence electrons. The van der Waals surface area contributed by atoms with Crippen LogP contribution < -0.4 is 9.64 Å². The average Bonchev–Trinajstić information content (AvgIpc) is 2.25. The molecule has 0 unspecified atom stereocenters. The number of hydrogen-bond acceptors (Lipinski definition) is 2. The molecule has 0 aliphatic heterocycles. The van der Waals surface area contributed by atoms with E-state index in [-0.39, 0.29) is 0 Å². The second kappa shape index (κ2) is 5.24. The van der Waals surface area contributed by atoms with Crippen LogP contribution in [0.5, 0.6) is 5.75 Å².